The van der Waals surface area contributed by atoms with Crippen molar-refractivity contribution in [3.8, 4) is 11.5 Å². The molecule has 3 atom stereocenters. The van der Waals surface area contributed by atoms with E-state index in [0.29, 0.717) is 31.2 Å². The van der Waals surface area contributed by atoms with Crippen LogP contribution in [0, 0.1) is 11.8 Å². The number of esters is 2. The fourth-order valence-electron chi connectivity index (χ4n) is 4.11. The van der Waals surface area contributed by atoms with Crippen LogP contribution in [0.15, 0.2) is 18.2 Å². The maximum absolute atomic E-state index is 12.7. The number of aliphatic carboxylic acids is 1. The quantitative estimate of drug-likeness (QED) is 0.187. The van der Waals surface area contributed by atoms with Crippen molar-refractivity contribution in [2.75, 3.05) is 0 Å². The fourth-order valence-corrected chi connectivity index (χ4v) is 4.11. The SMILES string of the molecule is CCC(C)C(=O)Oc1ccc(C[C@](NC(C)C)(OC(=O)OC2CCCCC2)C(=O)O)cc1OC(=O)C(C)CC. The zero-order valence-electron chi connectivity index (χ0n) is 23.9. The van der Waals surface area contributed by atoms with E-state index in [2.05, 4.69) is 5.32 Å². The van der Waals surface area contributed by atoms with Gasteiger partial charge >= 0.3 is 24.1 Å². The van der Waals surface area contributed by atoms with Crippen LogP contribution in [0.4, 0.5) is 4.79 Å². The molecule has 0 radical (unpaired) electrons. The Morgan fingerprint density at radius 2 is 1.49 bits per heavy atom. The van der Waals surface area contributed by atoms with Crippen LogP contribution in [0.3, 0.4) is 0 Å². The Labute approximate surface area is 230 Å². The number of carbonyl (C=O) groups is 4. The lowest BCUT2D eigenvalue weighted by molar-refractivity contribution is -0.168. The normalized spacial score (nSPS) is 17.0. The zero-order valence-corrected chi connectivity index (χ0v) is 23.9. The highest BCUT2D eigenvalue weighted by Gasteiger charge is 2.45. The van der Waals surface area contributed by atoms with Gasteiger partial charge in [-0.05, 0) is 70.1 Å². The van der Waals surface area contributed by atoms with Crippen molar-refractivity contribution in [1.29, 1.82) is 0 Å². The van der Waals surface area contributed by atoms with E-state index in [9.17, 15) is 24.3 Å². The average molecular weight is 550 g/mol. The summed E-state index contributed by atoms with van der Waals surface area (Å²) in [5.41, 5.74) is -1.79. The summed E-state index contributed by atoms with van der Waals surface area (Å²) in [5, 5.41) is 13.1. The van der Waals surface area contributed by atoms with Gasteiger partial charge in [0.25, 0.3) is 5.72 Å². The molecule has 0 saturated heterocycles. The Bertz CT molecular complexity index is 1000. The first-order valence-electron chi connectivity index (χ1n) is 13.9. The summed E-state index contributed by atoms with van der Waals surface area (Å²) < 4.78 is 22.0. The third-order valence-corrected chi connectivity index (χ3v) is 6.85. The van der Waals surface area contributed by atoms with Gasteiger partial charge in [-0.25, -0.2) is 9.59 Å². The summed E-state index contributed by atoms with van der Waals surface area (Å²) in [4.78, 5) is 50.3. The molecule has 1 aliphatic carbocycles. The molecule has 10 nitrogen and oxygen atoms in total. The summed E-state index contributed by atoms with van der Waals surface area (Å²) in [5.74, 6) is -3.19. The Balaban J connectivity index is 2.40. The number of carbonyl (C=O) groups excluding carboxylic acids is 3. The molecule has 10 heteroatoms. The molecular formula is C29H43NO9. The molecule has 1 saturated carbocycles. The highest BCUT2D eigenvalue weighted by atomic mass is 16.7. The van der Waals surface area contributed by atoms with Gasteiger partial charge < -0.3 is 24.1 Å². The standard InChI is InChI=1S/C29H43NO9/c1-7-19(5)25(31)37-23-15-14-21(16-24(23)38-26(32)20(6)8-2)17-29(27(33)34,30-18(3)4)39-28(35)36-22-12-10-9-11-13-22/h14-16,18-20,22,30H,7-13,17H2,1-6H3,(H,33,34)/t19?,20?,29-/m0/s1. The Hall–Kier alpha value is -3.14. The van der Waals surface area contributed by atoms with Crippen molar-refractivity contribution in [3.63, 3.8) is 0 Å². The lowest BCUT2D eigenvalue weighted by Gasteiger charge is -2.33. The smallest absolute Gasteiger partial charge is 0.477 e. The summed E-state index contributed by atoms with van der Waals surface area (Å²) >= 11 is 0. The Morgan fingerprint density at radius 1 is 0.923 bits per heavy atom. The predicted octanol–water partition coefficient (Wildman–Crippen LogP) is 5.40. The monoisotopic (exact) mass is 549 g/mol. The molecular weight excluding hydrogens is 506 g/mol. The summed E-state index contributed by atoms with van der Waals surface area (Å²) in [7, 11) is 0. The second kappa shape index (κ2) is 14.9. The van der Waals surface area contributed by atoms with Crippen molar-refractivity contribution in [1.82, 2.24) is 5.32 Å². The number of ether oxygens (including phenoxy) is 4. The molecule has 1 aromatic rings. The van der Waals surface area contributed by atoms with Crippen molar-refractivity contribution in [3.05, 3.63) is 23.8 Å². The first-order valence-corrected chi connectivity index (χ1v) is 13.9. The minimum Gasteiger partial charge on any atom is -0.477 e. The molecule has 0 aliphatic heterocycles. The molecule has 0 bridgehead atoms. The van der Waals surface area contributed by atoms with Crippen LogP contribution in [0.25, 0.3) is 0 Å². The van der Waals surface area contributed by atoms with Crippen LogP contribution < -0.4 is 14.8 Å². The second-order valence-corrected chi connectivity index (χ2v) is 10.6. The van der Waals surface area contributed by atoms with Crippen LogP contribution in [-0.2, 0) is 30.3 Å². The lowest BCUT2D eigenvalue weighted by Crippen LogP contribution is -2.59. The molecule has 0 heterocycles. The Kier molecular flexibility index (Phi) is 12.2. The van der Waals surface area contributed by atoms with Crippen LogP contribution in [0.1, 0.15) is 92.1 Å². The van der Waals surface area contributed by atoms with Gasteiger partial charge in [0, 0.05) is 12.5 Å². The number of rotatable bonds is 13. The summed E-state index contributed by atoms with van der Waals surface area (Å²) in [6.45, 7) is 10.6. The van der Waals surface area contributed by atoms with Crippen molar-refractivity contribution in [2.45, 2.75) is 111 Å². The molecule has 0 aromatic heterocycles. The van der Waals surface area contributed by atoms with E-state index in [1.807, 2.05) is 13.8 Å². The van der Waals surface area contributed by atoms with Crippen LogP contribution >= 0.6 is 0 Å². The van der Waals surface area contributed by atoms with Gasteiger partial charge in [0.15, 0.2) is 11.5 Å². The first-order chi connectivity index (χ1) is 18.4. The maximum atomic E-state index is 12.7. The van der Waals surface area contributed by atoms with E-state index in [1.54, 1.807) is 27.7 Å². The van der Waals surface area contributed by atoms with E-state index in [1.165, 1.54) is 18.2 Å². The molecule has 2 rings (SSSR count). The molecule has 1 aliphatic rings. The number of hydrogen-bond acceptors (Lipinski definition) is 9. The number of benzene rings is 1. The molecule has 2 N–H and O–H groups in total. The van der Waals surface area contributed by atoms with Gasteiger partial charge in [-0.3, -0.25) is 14.9 Å². The summed E-state index contributed by atoms with van der Waals surface area (Å²) in [6, 6.07) is 4.03. The highest BCUT2D eigenvalue weighted by molar-refractivity contribution is 5.81. The lowest BCUT2D eigenvalue weighted by atomic mass is 9.98. The zero-order chi connectivity index (χ0) is 29.2. The highest BCUT2D eigenvalue weighted by Crippen LogP contribution is 2.32. The van der Waals surface area contributed by atoms with Crippen molar-refractivity contribution in [2.24, 2.45) is 11.8 Å². The van der Waals surface area contributed by atoms with Gasteiger partial charge in [-0.2, -0.15) is 0 Å². The Morgan fingerprint density at radius 3 is 2.00 bits per heavy atom. The number of nitrogens with one attached hydrogen (secondary N) is 1. The van der Waals surface area contributed by atoms with E-state index >= 15 is 0 Å². The minimum absolute atomic E-state index is 0.0249. The topological polar surface area (TPSA) is 137 Å². The van der Waals surface area contributed by atoms with Crippen LogP contribution in [0.2, 0.25) is 0 Å². The van der Waals surface area contributed by atoms with E-state index in [4.69, 9.17) is 18.9 Å². The van der Waals surface area contributed by atoms with E-state index in [0.717, 1.165) is 19.3 Å². The molecule has 2 unspecified atom stereocenters. The molecule has 1 aromatic carbocycles. The first kappa shape index (κ1) is 32.1. The molecule has 218 valence electrons. The van der Waals surface area contributed by atoms with E-state index < -0.39 is 35.7 Å². The molecule has 39 heavy (non-hydrogen) atoms. The summed E-state index contributed by atoms with van der Waals surface area (Å²) in [6.07, 6.45) is 3.73. The largest absolute Gasteiger partial charge is 0.510 e. The molecule has 0 amide bonds. The van der Waals surface area contributed by atoms with Crippen LogP contribution in [0.5, 0.6) is 11.5 Å². The van der Waals surface area contributed by atoms with Gasteiger partial charge in [0.05, 0.1) is 11.8 Å². The second-order valence-electron chi connectivity index (χ2n) is 10.6. The van der Waals surface area contributed by atoms with Gasteiger partial charge in [0.1, 0.15) is 6.10 Å². The molecule has 0 spiro atoms. The van der Waals surface area contributed by atoms with Gasteiger partial charge in [-0.1, -0.05) is 40.2 Å². The third-order valence-electron chi connectivity index (χ3n) is 6.85. The fraction of sp³-hybridized carbons (Fsp3) is 0.655. The van der Waals surface area contributed by atoms with E-state index in [-0.39, 0.29) is 36.0 Å². The van der Waals surface area contributed by atoms with Crippen molar-refractivity contribution < 1.29 is 43.2 Å². The number of hydrogen-bond donors (Lipinski definition) is 2. The predicted molar refractivity (Wildman–Crippen MR) is 143 cm³/mol. The minimum atomic E-state index is -2.16. The van der Waals surface area contributed by atoms with Gasteiger partial charge in [-0.15, -0.1) is 0 Å². The number of carboxylic acids is 1. The molecule has 1 fully saturated rings. The van der Waals surface area contributed by atoms with Gasteiger partial charge in [0.2, 0.25) is 0 Å². The average Bonchev–Trinajstić information content (AvgIpc) is 2.88. The van der Waals surface area contributed by atoms with Crippen molar-refractivity contribution >= 4 is 24.1 Å². The maximum Gasteiger partial charge on any atom is 0.510 e. The van der Waals surface area contributed by atoms with Crippen LogP contribution in [-0.4, -0.2) is 47.0 Å². The number of carboxylic acid groups (broad SMARTS) is 1. The third kappa shape index (κ3) is 9.53.